The fraction of sp³-hybridized carbons (Fsp3) is 0.323. The Bertz CT molecular complexity index is 1480. The van der Waals surface area contributed by atoms with Crippen LogP contribution in [0.4, 0.5) is 10.5 Å². The Labute approximate surface area is 252 Å². The van der Waals surface area contributed by atoms with Crippen molar-refractivity contribution in [2.45, 2.75) is 37.8 Å². The maximum atomic E-state index is 13.6. The van der Waals surface area contributed by atoms with Crippen LogP contribution in [0.1, 0.15) is 24.0 Å². The molecule has 43 heavy (non-hydrogen) atoms. The van der Waals surface area contributed by atoms with E-state index in [1.54, 1.807) is 60.5 Å². The molecule has 1 fully saturated rings. The molecule has 2 atom stereocenters. The Kier molecular flexibility index (Phi) is 10.7. The van der Waals surface area contributed by atoms with E-state index in [0.29, 0.717) is 24.5 Å². The second-order valence-corrected chi connectivity index (χ2v) is 11.8. The van der Waals surface area contributed by atoms with Gasteiger partial charge in [0, 0.05) is 32.2 Å². The fourth-order valence-corrected chi connectivity index (χ4v) is 5.85. The highest BCUT2D eigenvalue weighted by atomic mass is 32.2. The summed E-state index contributed by atoms with van der Waals surface area (Å²) in [5.74, 6) is -0.194. The van der Waals surface area contributed by atoms with E-state index in [1.165, 1.54) is 12.0 Å². The van der Waals surface area contributed by atoms with Gasteiger partial charge in [-0.05, 0) is 54.7 Å². The highest BCUT2D eigenvalue weighted by Gasteiger charge is 2.32. The third kappa shape index (κ3) is 9.03. The van der Waals surface area contributed by atoms with E-state index in [0.717, 1.165) is 24.0 Å². The standard InChI is InChI=1S/C31H37N5O6S/c1-35(25-15-17-26(42-2)18-16-25)29(37)27(21-23-11-5-3-6-12-23)32-31(39)34-43(40,41)33-28(22-24-13-7-4-8-14-24)30(38)36-19-9-10-20-36/h3-8,11-18,27-28,33H,9-10,19-22H2,1-2H3,(H2,32,34,39)/t27?,28-/m0/s1. The molecule has 3 aromatic rings. The molecule has 0 bridgehead atoms. The van der Waals surface area contributed by atoms with E-state index in [9.17, 15) is 22.8 Å². The number of anilines is 1. The van der Waals surface area contributed by atoms with Gasteiger partial charge in [0.1, 0.15) is 17.8 Å². The molecule has 4 amide bonds. The summed E-state index contributed by atoms with van der Waals surface area (Å²) < 4.78 is 35.7. The molecular formula is C31H37N5O6S. The van der Waals surface area contributed by atoms with Crippen molar-refractivity contribution in [2.75, 3.05) is 32.1 Å². The molecule has 1 aliphatic heterocycles. The molecule has 1 aliphatic rings. The van der Waals surface area contributed by atoms with Gasteiger partial charge in [-0.3, -0.25) is 9.59 Å². The number of ether oxygens (including phenoxy) is 1. The summed E-state index contributed by atoms with van der Waals surface area (Å²) in [6.45, 7) is 1.09. The van der Waals surface area contributed by atoms with Gasteiger partial charge in [0.2, 0.25) is 11.8 Å². The Morgan fingerprint density at radius 3 is 1.91 bits per heavy atom. The molecular weight excluding hydrogens is 570 g/mol. The summed E-state index contributed by atoms with van der Waals surface area (Å²) in [5.41, 5.74) is 2.09. The molecule has 228 valence electrons. The predicted molar refractivity (Wildman–Crippen MR) is 164 cm³/mol. The lowest BCUT2D eigenvalue weighted by atomic mass is 10.0. The van der Waals surface area contributed by atoms with Crippen molar-refractivity contribution < 1.29 is 27.5 Å². The van der Waals surface area contributed by atoms with Crippen LogP contribution in [0.25, 0.3) is 0 Å². The molecule has 11 nitrogen and oxygen atoms in total. The van der Waals surface area contributed by atoms with Gasteiger partial charge in [-0.15, -0.1) is 0 Å². The third-order valence-electron chi connectivity index (χ3n) is 7.20. The van der Waals surface area contributed by atoms with Crippen LogP contribution < -0.4 is 24.4 Å². The van der Waals surface area contributed by atoms with E-state index in [4.69, 9.17) is 4.74 Å². The molecule has 1 unspecified atom stereocenters. The summed E-state index contributed by atoms with van der Waals surface area (Å²) in [7, 11) is -1.39. The number of amides is 4. The van der Waals surface area contributed by atoms with Crippen LogP contribution in [0.5, 0.6) is 5.75 Å². The number of carbonyl (C=O) groups excluding carboxylic acids is 3. The van der Waals surface area contributed by atoms with Gasteiger partial charge in [-0.25, -0.2) is 9.52 Å². The van der Waals surface area contributed by atoms with E-state index in [2.05, 4.69) is 10.0 Å². The lowest BCUT2D eigenvalue weighted by molar-refractivity contribution is -0.131. The first-order chi connectivity index (χ1) is 20.6. The zero-order valence-corrected chi connectivity index (χ0v) is 25.0. The smallest absolute Gasteiger partial charge is 0.330 e. The lowest BCUT2D eigenvalue weighted by Crippen LogP contribution is -2.57. The van der Waals surface area contributed by atoms with Crippen LogP contribution in [-0.2, 0) is 32.6 Å². The number of likely N-dealkylation sites (tertiary alicyclic amines) is 1. The first-order valence-corrected chi connectivity index (χ1v) is 15.5. The summed E-state index contributed by atoms with van der Waals surface area (Å²) in [6, 6.07) is 21.6. The first-order valence-electron chi connectivity index (χ1n) is 14.0. The highest BCUT2D eigenvalue weighted by molar-refractivity contribution is 7.88. The number of urea groups is 1. The summed E-state index contributed by atoms with van der Waals surface area (Å²) in [4.78, 5) is 42.9. The van der Waals surface area contributed by atoms with Crippen LogP contribution in [0.2, 0.25) is 0 Å². The van der Waals surface area contributed by atoms with Crippen molar-refractivity contribution in [3.8, 4) is 5.75 Å². The van der Waals surface area contributed by atoms with Crippen molar-refractivity contribution in [1.29, 1.82) is 0 Å². The zero-order valence-electron chi connectivity index (χ0n) is 24.2. The van der Waals surface area contributed by atoms with Gasteiger partial charge in [0.25, 0.3) is 0 Å². The number of carbonyl (C=O) groups is 3. The molecule has 12 heteroatoms. The molecule has 3 aromatic carbocycles. The Balaban J connectivity index is 1.48. The van der Waals surface area contributed by atoms with Gasteiger partial charge >= 0.3 is 16.2 Å². The normalized spacial score (nSPS) is 14.4. The Morgan fingerprint density at radius 2 is 1.37 bits per heavy atom. The minimum Gasteiger partial charge on any atom is -0.497 e. The number of benzene rings is 3. The van der Waals surface area contributed by atoms with E-state index < -0.39 is 34.2 Å². The summed E-state index contributed by atoms with van der Waals surface area (Å²) in [6.07, 6.45) is 1.92. The van der Waals surface area contributed by atoms with Crippen LogP contribution in [0.3, 0.4) is 0 Å². The van der Waals surface area contributed by atoms with Crippen molar-refractivity contribution in [3.63, 3.8) is 0 Å². The average Bonchev–Trinajstić information content (AvgIpc) is 3.55. The molecule has 0 spiro atoms. The molecule has 4 rings (SSSR count). The maximum absolute atomic E-state index is 13.6. The van der Waals surface area contributed by atoms with Gasteiger partial charge in [-0.2, -0.15) is 13.1 Å². The number of nitrogens with zero attached hydrogens (tertiary/aromatic N) is 2. The van der Waals surface area contributed by atoms with Gasteiger partial charge < -0.3 is 19.9 Å². The van der Waals surface area contributed by atoms with Gasteiger partial charge in [-0.1, -0.05) is 60.7 Å². The van der Waals surface area contributed by atoms with Crippen LogP contribution >= 0.6 is 0 Å². The van der Waals surface area contributed by atoms with Crippen LogP contribution in [0.15, 0.2) is 84.9 Å². The van der Waals surface area contributed by atoms with E-state index >= 15 is 0 Å². The number of hydrogen-bond acceptors (Lipinski definition) is 6. The molecule has 0 aromatic heterocycles. The highest BCUT2D eigenvalue weighted by Crippen LogP contribution is 2.19. The summed E-state index contributed by atoms with van der Waals surface area (Å²) >= 11 is 0. The quantitative estimate of drug-likeness (QED) is 0.290. The third-order valence-corrected chi connectivity index (χ3v) is 8.25. The van der Waals surface area contributed by atoms with Crippen molar-refractivity contribution in [1.82, 2.24) is 19.7 Å². The lowest BCUT2D eigenvalue weighted by Gasteiger charge is -2.26. The monoisotopic (exact) mass is 607 g/mol. The number of rotatable bonds is 12. The molecule has 3 N–H and O–H groups in total. The average molecular weight is 608 g/mol. The predicted octanol–water partition coefficient (Wildman–Crippen LogP) is 2.64. The minimum absolute atomic E-state index is 0.112. The largest absolute Gasteiger partial charge is 0.497 e. The van der Waals surface area contributed by atoms with Crippen molar-refractivity contribution in [3.05, 3.63) is 96.1 Å². The number of nitrogens with one attached hydrogen (secondary N) is 3. The molecule has 1 saturated heterocycles. The number of likely N-dealkylation sites (N-methyl/N-ethyl adjacent to an activating group) is 1. The first kappa shape index (κ1) is 31.5. The van der Waals surface area contributed by atoms with Gasteiger partial charge in [0.05, 0.1) is 7.11 Å². The van der Waals surface area contributed by atoms with Crippen molar-refractivity contribution >= 4 is 33.7 Å². The van der Waals surface area contributed by atoms with E-state index in [-0.39, 0.29) is 18.7 Å². The zero-order chi connectivity index (χ0) is 30.8. The maximum Gasteiger partial charge on any atom is 0.330 e. The number of methoxy groups -OCH3 is 1. The minimum atomic E-state index is -4.50. The summed E-state index contributed by atoms with van der Waals surface area (Å²) in [5, 5.41) is 2.52. The second-order valence-electron chi connectivity index (χ2n) is 10.3. The van der Waals surface area contributed by atoms with Gasteiger partial charge in [0.15, 0.2) is 0 Å². The molecule has 0 aliphatic carbocycles. The fourth-order valence-electron chi connectivity index (χ4n) is 4.93. The van der Waals surface area contributed by atoms with Crippen LogP contribution in [0, 0.1) is 0 Å². The van der Waals surface area contributed by atoms with E-state index in [1.807, 2.05) is 41.1 Å². The number of hydrogen-bond donors (Lipinski definition) is 3. The Hall–Kier alpha value is -4.42. The van der Waals surface area contributed by atoms with Crippen LogP contribution in [-0.4, -0.2) is 70.5 Å². The van der Waals surface area contributed by atoms with Crippen molar-refractivity contribution in [2.24, 2.45) is 0 Å². The topological polar surface area (TPSA) is 137 Å². The molecule has 0 radical (unpaired) electrons. The second kappa shape index (κ2) is 14.7. The Morgan fingerprint density at radius 1 is 0.837 bits per heavy atom. The molecule has 1 heterocycles. The SMILES string of the molecule is COc1ccc(N(C)C(=O)C(Cc2ccccc2)NC(=O)NS(=O)(=O)N[C@@H](Cc2ccccc2)C(=O)N2CCCC2)cc1. The molecule has 0 saturated carbocycles.